The number of hydrogen-bond donors (Lipinski definition) is 3. The Morgan fingerprint density at radius 1 is 1.44 bits per heavy atom. The largest absolute Gasteiger partial charge is 0.464 e. The fourth-order valence-electron chi connectivity index (χ4n) is 2.09. The minimum absolute atomic E-state index is 0.0115. The molecule has 0 amide bonds. The van der Waals surface area contributed by atoms with Crippen LogP contribution in [-0.4, -0.2) is 35.8 Å². The van der Waals surface area contributed by atoms with Gasteiger partial charge in [0, 0.05) is 5.39 Å². The van der Waals surface area contributed by atoms with Gasteiger partial charge in [0.25, 0.3) is 0 Å². The molecular weight excluding hydrogens is 254 g/mol. The van der Waals surface area contributed by atoms with Crippen LogP contribution in [0.25, 0.3) is 11.0 Å². The molecule has 2 rings (SSSR count). The van der Waals surface area contributed by atoms with Gasteiger partial charge in [0.2, 0.25) is 0 Å². The molecule has 3 N–H and O–H groups in total. The van der Waals surface area contributed by atoms with E-state index in [1.54, 1.807) is 25.4 Å². The maximum atomic E-state index is 10.7. The van der Waals surface area contributed by atoms with Gasteiger partial charge in [-0.05, 0) is 30.8 Å². The highest BCUT2D eigenvalue weighted by atomic mass is 35.5. The number of aliphatic hydroxyl groups is 2. The minimum atomic E-state index is -1.32. The molecule has 5 heteroatoms. The van der Waals surface area contributed by atoms with Crippen molar-refractivity contribution in [1.82, 2.24) is 5.32 Å². The van der Waals surface area contributed by atoms with Gasteiger partial charge in [-0.2, -0.15) is 0 Å². The lowest BCUT2D eigenvalue weighted by Crippen LogP contribution is -2.50. The molecule has 18 heavy (non-hydrogen) atoms. The SMILES string of the molecule is CNC(CO)C(O)(CCl)c1ccc2occc2c1. The second kappa shape index (κ2) is 5.28. The second-order valence-electron chi connectivity index (χ2n) is 4.25. The number of likely N-dealkylation sites (N-methyl/N-ethyl adjacent to an activating group) is 1. The molecule has 0 aliphatic carbocycles. The number of fused-ring (bicyclic) bond motifs is 1. The molecule has 4 nitrogen and oxygen atoms in total. The fraction of sp³-hybridized carbons (Fsp3) is 0.385. The van der Waals surface area contributed by atoms with Gasteiger partial charge in [0.1, 0.15) is 11.2 Å². The van der Waals surface area contributed by atoms with E-state index >= 15 is 0 Å². The zero-order valence-corrected chi connectivity index (χ0v) is 10.8. The standard InChI is InChI=1S/C13H16ClNO3/c1-15-12(7-16)13(17,8-14)10-2-3-11-9(6-10)4-5-18-11/h2-6,12,15-17H,7-8H2,1H3. The average molecular weight is 270 g/mol. The fourth-order valence-corrected chi connectivity index (χ4v) is 2.43. The van der Waals surface area contributed by atoms with Gasteiger partial charge in [-0.25, -0.2) is 0 Å². The van der Waals surface area contributed by atoms with Crippen LogP contribution in [0.1, 0.15) is 5.56 Å². The maximum absolute atomic E-state index is 10.7. The first-order chi connectivity index (χ1) is 8.65. The highest BCUT2D eigenvalue weighted by Crippen LogP contribution is 2.29. The Hall–Kier alpha value is -1.07. The topological polar surface area (TPSA) is 65.6 Å². The molecule has 0 radical (unpaired) electrons. The Bertz CT molecular complexity index is 524. The number of benzene rings is 1. The van der Waals surface area contributed by atoms with Gasteiger partial charge in [0.15, 0.2) is 0 Å². The second-order valence-corrected chi connectivity index (χ2v) is 4.52. The first-order valence-corrected chi connectivity index (χ1v) is 6.23. The summed E-state index contributed by atoms with van der Waals surface area (Å²) in [6.07, 6.45) is 1.59. The molecule has 1 aromatic heterocycles. The van der Waals surface area contributed by atoms with Crippen LogP contribution in [0.15, 0.2) is 34.9 Å². The monoisotopic (exact) mass is 269 g/mol. The van der Waals surface area contributed by atoms with Crippen molar-refractivity contribution in [3.8, 4) is 0 Å². The summed E-state index contributed by atoms with van der Waals surface area (Å²) >= 11 is 5.90. The number of rotatable bonds is 5. The van der Waals surface area contributed by atoms with Crippen LogP contribution < -0.4 is 5.32 Å². The highest BCUT2D eigenvalue weighted by molar-refractivity contribution is 6.18. The van der Waals surface area contributed by atoms with Gasteiger partial charge in [0.05, 0.1) is 24.8 Å². The van der Waals surface area contributed by atoms with Crippen molar-refractivity contribution in [2.75, 3.05) is 19.5 Å². The van der Waals surface area contributed by atoms with Crippen LogP contribution >= 0.6 is 11.6 Å². The van der Waals surface area contributed by atoms with Gasteiger partial charge < -0.3 is 19.9 Å². The smallest absolute Gasteiger partial charge is 0.133 e. The van der Waals surface area contributed by atoms with E-state index in [-0.39, 0.29) is 12.5 Å². The summed E-state index contributed by atoms with van der Waals surface area (Å²) < 4.78 is 5.25. The number of nitrogens with one attached hydrogen (secondary N) is 1. The van der Waals surface area contributed by atoms with Crippen molar-refractivity contribution in [3.63, 3.8) is 0 Å². The molecule has 0 saturated heterocycles. The van der Waals surface area contributed by atoms with Crippen LogP contribution in [0, 0.1) is 0 Å². The molecule has 98 valence electrons. The predicted octanol–water partition coefficient (Wildman–Crippen LogP) is 1.44. The molecule has 0 spiro atoms. The zero-order chi connectivity index (χ0) is 13.2. The van der Waals surface area contributed by atoms with Crippen molar-refractivity contribution in [2.45, 2.75) is 11.6 Å². The van der Waals surface area contributed by atoms with Crippen LogP contribution in [0.4, 0.5) is 0 Å². The summed E-state index contributed by atoms with van der Waals surface area (Å²) in [4.78, 5) is 0. The molecule has 0 bridgehead atoms. The molecule has 2 unspecified atom stereocenters. The number of halogens is 1. The van der Waals surface area contributed by atoms with Crippen LogP contribution in [0.2, 0.25) is 0 Å². The van der Waals surface area contributed by atoms with E-state index < -0.39 is 11.6 Å². The molecule has 0 aliphatic heterocycles. The average Bonchev–Trinajstić information content (AvgIpc) is 2.86. The molecule has 1 heterocycles. The number of furan rings is 1. The first-order valence-electron chi connectivity index (χ1n) is 5.70. The quantitative estimate of drug-likeness (QED) is 0.719. The molecule has 2 aromatic rings. The van der Waals surface area contributed by atoms with E-state index in [1.165, 1.54) is 0 Å². The van der Waals surface area contributed by atoms with E-state index in [1.807, 2.05) is 12.1 Å². The van der Waals surface area contributed by atoms with Crippen molar-refractivity contribution < 1.29 is 14.6 Å². The summed E-state index contributed by atoms with van der Waals surface area (Å²) in [5.74, 6) is -0.0115. The van der Waals surface area contributed by atoms with Gasteiger partial charge in [-0.3, -0.25) is 0 Å². The lowest BCUT2D eigenvalue weighted by atomic mass is 9.88. The lowest BCUT2D eigenvalue weighted by Gasteiger charge is -2.33. The highest BCUT2D eigenvalue weighted by Gasteiger charge is 2.36. The Morgan fingerprint density at radius 2 is 2.22 bits per heavy atom. The van der Waals surface area contributed by atoms with Crippen molar-refractivity contribution >= 4 is 22.6 Å². The van der Waals surface area contributed by atoms with Crippen LogP contribution in [-0.2, 0) is 5.60 Å². The molecule has 0 fully saturated rings. The summed E-state index contributed by atoms with van der Waals surface area (Å²) in [5, 5.41) is 23.8. The van der Waals surface area contributed by atoms with E-state index in [4.69, 9.17) is 16.0 Å². The van der Waals surface area contributed by atoms with Crippen molar-refractivity contribution in [3.05, 3.63) is 36.1 Å². The number of aliphatic hydroxyl groups excluding tert-OH is 1. The molecule has 1 aromatic carbocycles. The molecule has 0 aliphatic rings. The Balaban J connectivity index is 2.47. The third-order valence-corrected chi connectivity index (χ3v) is 3.67. The Morgan fingerprint density at radius 3 is 2.83 bits per heavy atom. The van der Waals surface area contributed by atoms with E-state index in [0.717, 1.165) is 11.0 Å². The number of hydrogen-bond acceptors (Lipinski definition) is 4. The first kappa shape index (κ1) is 13.4. The third-order valence-electron chi connectivity index (χ3n) is 3.26. The zero-order valence-electron chi connectivity index (χ0n) is 10.1. The predicted molar refractivity (Wildman–Crippen MR) is 70.8 cm³/mol. The lowest BCUT2D eigenvalue weighted by molar-refractivity contribution is 0.000339. The van der Waals surface area contributed by atoms with Gasteiger partial charge >= 0.3 is 0 Å². The molecular formula is C13H16ClNO3. The molecule has 2 atom stereocenters. The van der Waals surface area contributed by atoms with Crippen molar-refractivity contribution in [1.29, 1.82) is 0 Å². The van der Waals surface area contributed by atoms with Crippen molar-refractivity contribution in [2.24, 2.45) is 0 Å². The van der Waals surface area contributed by atoms with Crippen LogP contribution in [0.3, 0.4) is 0 Å². The van der Waals surface area contributed by atoms with E-state index in [2.05, 4.69) is 5.32 Å². The molecule has 0 saturated carbocycles. The number of alkyl halides is 1. The minimum Gasteiger partial charge on any atom is -0.464 e. The van der Waals surface area contributed by atoms with Gasteiger partial charge in [-0.1, -0.05) is 6.07 Å². The third kappa shape index (κ3) is 2.12. The van der Waals surface area contributed by atoms with Crippen LogP contribution in [0.5, 0.6) is 0 Å². The van der Waals surface area contributed by atoms with Gasteiger partial charge in [-0.15, -0.1) is 11.6 Å². The maximum Gasteiger partial charge on any atom is 0.133 e. The Kier molecular flexibility index (Phi) is 3.92. The summed E-state index contributed by atoms with van der Waals surface area (Å²) in [6.45, 7) is -0.205. The summed E-state index contributed by atoms with van der Waals surface area (Å²) in [5.41, 5.74) is 0.0803. The summed E-state index contributed by atoms with van der Waals surface area (Å²) in [6, 6.07) is 6.65. The Labute approximate surface area is 110 Å². The normalized spacial score (nSPS) is 16.7. The van der Waals surface area contributed by atoms with E-state index in [9.17, 15) is 10.2 Å². The summed E-state index contributed by atoms with van der Waals surface area (Å²) in [7, 11) is 1.68. The van der Waals surface area contributed by atoms with E-state index in [0.29, 0.717) is 5.56 Å².